The van der Waals surface area contributed by atoms with Gasteiger partial charge in [0.1, 0.15) is 0 Å². The fourth-order valence-corrected chi connectivity index (χ4v) is 3.10. The Hall–Kier alpha value is -1.06. The van der Waals surface area contributed by atoms with Gasteiger partial charge in [-0.05, 0) is 25.7 Å². The molecule has 2 aliphatic rings. The second-order valence-corrected chi connectivity index (χ2v) is 5.92. The number of nitrogens with zero attached hydrogens (tertiary/aromatic N) is 1. The summed E-state index contributed by atoms with van der Waals surface area (Å²) in [5, 5.41) is 2.98. The van der Waals surface area contributed by atoms with E-state index in [2.05, 4.69) is 5.32 Å². The van der Waals surface area contributed by atoms with Gasteiger partial charge in [-0.1, -0.05) is 25.7 Å². The Labute approximate surface area is 115 Å². The standard InChI is InChI=1S/C15H26N2O2/c1-12(18)17(14-8-3-2-4-9-14)11-10-16-15(19)13-6-5-7-13/h13-14H,2-11H2,1H3,(H,16,19). The largest absolute Gasteiger partial charge is 0.354 e. The summed E-state index contributed by atoms with van der Waals surface area (Å²) in [6.07, 6.45) is 9.23. The summed E-state index contributed by atoms with van der Waals surface area (Å²) in [4.78, 5) is 25.4. The lowest BCUT2D eigenvalue weighted by Crippen LogP contribution is -2.45. The van der Waals surface area contributed by atoms with Gasteiger partial charge in [0, 0.05) is 32.0 Å². The van der Waals surface area contributed by atoms with Gasteiger partial charge >= 0.3 is 0 Å². The summed E-state index contributed by atoms with van der Waals surface area (Å²) in [6.45, 7) is 2.91. The van der Waals surface area contributed by atoms with E-state index >= 15 is 0 Å². The molecular formula is C15H26N2O2. The van der Waals surface area contributed by atoms with Crippen molar-refractivity contribution in [3.8, 4) is 0 Å². The summed E-state index contributed by atoms with van der Waals surface area (Å²) in [6, 6.07) is 0.395. The number of hydrogen-bond acceptors (Lipinski definition) is 2. The first kappa shape index (κ1) is 14.4. The highest BCUT2D eigenvalue weighted by Crippen LogP contribution is 2.26. The summed E-state index contributed by atoms with van der Waals surface area (Å²) in [7, 11) is 0. The SMILES string of the molecule is CC(=O)N(CCNC(=O)C1CCC1)C1CCCCC1. The van der Waals surface area contributed by atoms with Crippen LogP contribution in [-0.4, -0.2) is 35.8 Å². The zero-order valence-electron chi connectivity index (χ0n) is 12.0. The van der Waals surface area contributed by atoms with Crippen LogP contribution in [0.5, 0.6) is 0 Å². The van der Waals surface area contributed by atoms with Crippen LogP contribution in [0.25, 0.3) is 0 Å². The van der Waals surface area contributed by atoms with Gasteiger partial charge in [-0.25, -0.2) is 0 Å². The summed E-state index contributed by atoms with van der Waals surface area (Å²) < 4.78 is 0. The molecule has 2 saturated carbocycles. The Balaban J connectivity index is 1.73. The molecule has 0 aromatic rings. The molecule has 4 heteroatoms. The molecule has 1 N–H and O–H groups in total. The number of hydrogen-bond donors (Lipinski definition) is 1. The second-order valence-electron chi connectivity index (χ2n) is 5.92. The maximum atomic E-state index is 11.7. The fraction of sp³-hybridized carbons (Fsp3) is 0.867. The lowest BCUT2D eigenvalue weighted by Gasteiger charge is -2.34. The third kappa shape index (κ3) is 3.95. The summed E-state index contributed by atoms with van der Waals surface area (Å²) in [5.74, 6) is 0.559. The van der Waals surface area contributed by atoms with Crippen LogP contribution in [0.1, 0.15) is 58.3 Å². The molecule has 2 aliphatic carbocycles. The van der Waals surface area contributed by atoms with Crippen LogP contribution in [0.4, 0.5) is 0 Å². The van der Waals surface area contributed by atoms with E-state index in [4.69, 9.17) is 0 Å². The molecule has 19 heavy (non-hydrogen) atoms. The van der Waals surface area contributed by atoms with Gasteiger partial charge in [0.05, 0.1) is 0 Å². The van der Waals surface area contributed by atoms with Crippen molar-refractivity contribution >= 4 is 11.8 Å². The van der Waals surface area contributed by atoms with Crippen LogP contribution in [0, 0.1) is 5.92 Å². The minimum Gasteiger partial charge on any atom is -0.354 e. The highest BCUT2D eigenvalue weighted by Gasteiger charge is 2.26. The Morgan fingerprint density at radius 3 is 2.26 bits per heavy atom. The Kier molecular flexibility index (Phi) is 5.23. The molecule has 0 aliphatic heterocycles. The van der Waals surface area contributed by atoms with Crippen LogP contribution in [0.2, 0.25) is 0 Å². The molecule has 0 atom stereocenters. The smallest absolute Gasteiger partial charge is 0.223 e. The highest BCUT2D eigenvalue weighted by atomic mass is 16.2. The predicted octanol–water partition coefficient (Wildman–Crippen LogP) is 2.08. The molecule has 108 valence electrons. The average Bonchev–Trinajstić information content (AvgIpc) is 2.33. The van der Waals surface area contributed by atoms with E-state index in [1.807, 2.05) is 4.90 Å². The zero-order valence-corrected chi connectivity index (χ0v) is 12.0. The van der Waals surface area contributed by atoms with E-state index in [0.717, 1.165) is 25.7 Å². The van der Waals surface area contributed by atoms with E-state index < -0.39 is 0 Å². The highest BCUT2D eigenvalue weighted by molar-refractivity contribution is 5.79. The van der Waals surface area contributed by atoms with Crippen molar-refractivity contribution in [1.29, 1.82) is 0 Å². The molecule has 2 amide bonds. The minimum atomic E-state index is 0.143. The van der Waals surface area contributed by atoms with E-state index in [0.29, 0.717) is 19.1 Å². The molecule has 2 fully saturated rings. The maximum Gasteiger partial charge on any atom is 0.223 e. The third-order valence-electron chi connectivity index (χ3n) is 4.55. The number of rotatable bonds is 5. The maximum absolute atomic E-state index is 11.7. The molecule has 2 rings (SSSR count). The van der Waals surface area contributed by atoms with Crippen LogP contribution in [0.3, 0.4) is 0 Å². The molecular weight excluding hydrogens is 240 g/mol. The molecule has 0 bridgehead atoms. The number of nitrogens with one attached hydrogen (secondary N) is 1. The number of amides is 2. The van der Waals surface area contributed by atoms with Crippen LogP contribution in [0.15, 0.2) is 0 Å². The van der Waals surface area contributed by atoms with Crippen molar-refractivity contribution in [1.82, 2.24) is 10.2 Å². The quantitative estimate of drug-likeness (QED) is 0.828. The lowest BCUT2D eigenvalue weighted by molar-refractivity contribution is -0.133. The third-order valence-corrected chi connectivity index (χ3v) is 4.55. The van der Waals surface area contributed by atoms with E-state index in [-0.39, 0.29) is 17.7 Å². The van der Waals surface area contributed by atoms with Crippen molar-refractivity contribution in [2.75, 3.05) is 13.1 Å². The molecule has 0 radical (unpaired) electrons. The first-order valence-corrected chi connectivity index (χ1v) is 7.73. The van der Waals surface area contributed by atoms with Gasteiger partial charge in [-0.15, -0.1) is 0 Å². The molecule has 0 aromatic heterocycles. The second kappa shape index (κ2) is 6.92. The van der Waals surface area contributed by atoms with Crippen molar-refractivity contribution < 1.29 is 9.59 Å². The van der Waals surface area contributed by atoms with Crippen molar-refractivity contribution in [2.45, 2.75) is 64.3 Å². The summed E-state index contributed by atoms with van der Waals surface area (Å²) in [5.41, 5.74) is 0. The number of carbonyl (C=O) groups excluding carboxylic acids is 2. The molecule has 4 nitrogen and oxygen atoms in total. The molecule has 0 heterocycles. The summed E-state index contributed by atoms with van der Waals surface area (Å²) >= 11 is 0. The molecule has 0 spiro atoms. The topological polar surface area (TPSA) is 49.4 Å². The molecule has 0 unspecified atom stereocenters. The molecule has 0 saturated heterocycles. The van der Waals surface area contributed by atoms with Gasteiger partial charge < -0.3 is 10.2 Å². The van der Waals surface area contributed by atoms with E-state index in [1.165, 1.54) is 25.7 Å². The van der Waals surface area contributed by atoms with Gasteiger partial charge in [-0.2, -0.15) is 0 Å². The lowest BCUT2D eigenvalue weighted by atomic mass is 9.85. The Morgan fingerprint density at radius 2 is 1.74 bits per heavy atom. The monoisotopic (exact) mass is 266 g/mol. The first-order chi connectivity index (χ1) is 9.18. The van der Waals surface area contributed by atoms with Crippen molar-refractivity contribution in [2.24, 2.45) is 5.92 Å². The number of carbonyl (C=O) groups is 2. The van der Waals surface area contributed by atoms with Crippen LogP contribution in [-0.2, 0) is 9.59 Å². The fourth-order valence-electron chi connectivity index (χ4n) is 3.10. The van der Waals surface area contributed by atoms with E-state index in [1.54, 1.807) is 6.92 Å². The van der Waals surface area contributed by atoms with Gasteiger partial charge in [-0.3, -0.25) is 9.59 Å². The zero-order chi connectivity index (χ0) is 13.7. The Bertz CT molecular complexity index is 320. The predicted molar refractivity (Wildman–Crippen MR) is 74.6 cm³/mol. The normalized spacial score (nSPS) is 20.7. The van der Waals surface area contributed by atoms with Gasteiger partial charge in [0.15, 0.2) is 0 Å². The first-order valence-electron chi connectivity index (χ1n) is 7.73. The molecule has 0 aromatic carbocycles. The van der Waals surface area contributed by atoms with Gasteiger partial charge in [0.2, 0.25) is 11.8 Å². The average molecular weight is 266 g/mol. The van der Waals surface area contributed by atoms with Crippen molar-refractivity contribution in [3.63, 3.8) is 0 Å². The van der Waals surface area contributed by atoms with Gasteiger partial charge in [0.25, 0.3) is 0 Å². The van der Waals surface area contributed by atoms with Crippen molar-refractivity contribution in [3.05, 3.63) is 0 Å². The Morgan fingerprint density at radius 1 is 1.05 bits per heavy atom. The minimum absolute atomic E-state index is 0.143. The van der Waals surface area contributed by atoms with E-state index in [9.17, 15) is 9.59 Å². The van der Waals surface area contributed by atoms with Crippen LogP contribution < -0.4 is 5.32 Å². The van der Waals surface area contributed by atoms with Crippen LogP contribution >= 0.6 is 0 Å².